The Morgan fingerprint density at radius 1 is 1.29 bits per heavy atom. The molecule has 0 saturated carbocycles. The SMILES string of the molecule is CCC(N)c1ccncc1/C=C/B1OC(C)(C)C(C)(C)O1. The maximum Gasteiger partial charge on any atom is 0.487 e. The fourth-order valence-corrected chi connectivity index (χ4v) is 2.26. The molecule has 1 aliphatic rings. The van der Waals surface area contributed by atoms with E-state index in [4.69, 9.17) is 15.0 Å². The van der Waals surface area contributed by atoms with Crippen molar-refractivity contribution in [3.63, 3.8) is 0 Å². The van der Waals surface area contributed by atoms with Crippen LogP contribution in [0.5, 0.6) is 0 Å². The normalized spacial score (nSPS) is 21.9. The number of hydrogen-bond donors (Lipinski definition) is 1. The van der Waals surface area contributed by atoms with Crippen LogP contribution in [0.2, 0.25) is 0 Å². The van der Waals surface area contributed by atoms with Crippen LogP contribution in [0.3, 0.4) is 0 Å². The van der Waals surface area contributed by atoms with Crippen LogP contribution in [-0.2, 0) is 9.31 Å². The molecule has 2 heterocycles. The van der Waals surface area contributed by atoms with Crippen LogP contribution in [0, 0.1) is 0 Å². The van der Waals surface area contributed by atoms with Crippen molar-refractivity contribution in [1.82, 2.24) is 4.98 Å². The smallest absolute Gasteiger partial charge is 0.400 e. The molecule has 1 aromatic heterocycles. The highest BCUT2D eigenvalue weighted by atomic mass is 16.7. The zero-order chi connectivity index (χ0) is 15.7. The molecule has 0 bridgehead atoms. The third kappa shape index (κ3) is 3.36. The summed E-state index contributed by atoms with van der Waals surface area (Å²) in [5, 5.41) is 0. The second kappa shape index (κ2) is 5.91. The number of nitrogens with two attached hydrogens (primary N) is 1. The minimum absolute atomic E-state index is 0.0194. The van der Waals surface area contributed by atoms with Crippen molar-refractivity contribution in [1.29, 1.82) is 0 Å². The molecular weight excluding hydrogens is 263 g/mol. The van der Waals surface area contributed by atoms with Crippen molar-refractivity contribution in [2.24, 2.45) is 5.73 Å². The Labute approximate surface area is 127 Å². The lowest BCUT2D eigenvalue weighted by atomic mass is 9.88. The number of aromatic nitrogens is 1. The Bertz CT molecular complexity index is 513. The lowest BCUT2D eigenvalue weighted by Crippen LogP contribution is -2.41. The second-order valence-electron chi connectivity index (χ2n) is 6.50. The Kier molecular flexibility index (Phi) is 4.56. The zero-order valence-corrected chi connectivity index (χ0v) is 13.6. The fraction of sp³-hybridized carbons (Fsp3) is 0.562. The molecular formula is C16H25BN2O2. The van der Waals surface area contributed by atoms with E-state index in [9.17, 15) is 0 Å². The number of hydrogen-bond acceptors (Lipinski definition) is 4. The average Bonchev–Trinajstić information content (AvgIpc) is 2.64. The molecule has 0 radical (unpaired) electrons. The van der Waals surface area contributed by atoms with Gasteiger partial charge in [-0.2, -0.15) is 0 Å². The first-order chi connectivity index (χ1) is 9.77. The van der Waals surface area contributed by atoms with Gasteiger partial charge in [-0.1, -0.05) is 19.0 Å². The summed E-state index contributed by atoms with van der Waals surface area (Å²) in [7, 11) is -0.346. The van der Waals surface area contributed by atoms with Gasteiger partial charge in [-0.25, -0.2) is 0 Å². The van der Waals surface area contributed by atoms with E-state index in [2.05, 4.69) is 11.9 Å². The molecule has 114 valence electrons. The molecule has 0 spiro atoms. The van der Waals surface area contributed by atoms with Gasteiger partial charge in [-0.15, -0.1) is 0 Å². The average molecular weight is 288 g/mol. The van der Waals surface area contributed by atoms with Crippen LogP contribution >= 0.6 is 0 Å². The molecule has 1 fully saturated rings. The van der Waals surface area contributed by atoms with Crippen LogP contribution < -0.4 is 5.73 Å². The van der Waals surface area contributed by atoms with Gasteiger partial charge in [-0.3, -0.25) is 4.98 Å². The van der Waals surface area contributed by atoms with Crippen LogP contribution in [-0.4, -0.2) is 23.3 Å². The van der Waals surface area contributed by atoms with E-state index in [0.717, 1.165) is 17.5 Å². The molecule has 0 aromatic carbocycles. The summed E-state index contributed by atoms with van der Waals surface area (Å²) in [5.41, 5.74) is 7.61. The lowest BCUT2D eigenvalue weighted by molar-refractivity contribution is 0.00578. The molecule has 5 heteroatoms. The summed E-state index contributed by atoms with van der Waals surface area (Å²) >= 11 is 0. The van der Waals surface area contributed by atoms with Gasteiger partial charge in [0.25, 0.3) is 0 Å². The highest BCUT2D eigenvalue weighted by Crippen LogP contribution is 2.37. The topological polar surface area (TPSA) is 57.4 Å². The van der Waals surface area contributed by atoms with Gasteiger partial charge in [0.2, 0.25) is 0 Å². The molecule has 1 atom stereocenters. The first-order valence-corrected chi connectivity index (χ1v) is 7.50. The third-order valence-electron chi connectivity index (χ3n) is 4.43. The van der Waals surface area contributed by atoms with Gasteiger partial charge in [0.15, 0.2) is 0 Å². The van der Waals surface area contributed by atoms with Crippen molar-refractivity contribution >= 4 is 13.2 Å². The van der Waals surface area contributed by atoms with E-state index < -0.39 is 0 Å². The van der Waals surface area contributed by atoms with Crippen molar-refractivity contribution < 1.29 is 9.31 Å². The zero-order valence-electron chi connectivity index (χ0n) is 13.6. The summed E-state index contributed by atoms with van der Waals surface area (Å²) in [4.78, 5) is 4.18. The largest absolute Gasteiger partial charge is 0.487 e. The van der Waals surface area contributed by atoms with Crippen LogP contribution in [0.15, 0.2) is 24.4 Å². The quantitative estimate of drug-likeness (QED) is 0.865. The predicted octanol–water partition coefficient (Wildman–Crippen LogP) is 3.14. The molecule has 1 unspecified atom stereocenters. The molecule has 2 rings (SSSR count). The van der Waals surface area contributed by atoms with E-state index >= 15 is 0 Å². The first kappa shape index (κ1) is 16.2. The monoisotopic (exact) mass is 288 g/mol. The van der Waals surface area contributed by atoms with E-state index in [-0.39, 0.29) is 24.4 Å². The van der Waals surface area contributed by atoms with E-state index in [1.165, 1.54) is 0 Å². The predicted molar refractivity (Wildman–Crippen MR) is 86.6 cm³/mol. The fourth-order valence-electron chi connectivity index (χ4n) is 2.26. The van der Waals surface area contributed by atoms with Crippen LogP contribution in [0.25, 0.3) is 6.08 Å². The molecule has 1 aromatic rings. The van der Waals surface area contributed by atoms with Gasteiger partial charge < -0.3 is 15.0 Å². The Balaban J connectivity index is 2.17. The van der Waals surface area contributed by atoms with Crippen molar-refractivity contribution in [3.8, 4) is 0 Å². The number of rotatable bonds is 4. The summed E-state index contributed by atoms with van der Waals surface area (Å²) < 4.78 is 11.9. The maximum atomic E-state index is 6.14. The Morgan fingerprint density at radius 2 is 1.90 bits per heavy atom. The third-order valence-corrected chi connectivity index (χ3v) is 4.43. The molecule has 1 aliphatic heterocycles. The highest BCUT2D eigenvalue weighted by molar-refractivity contribution is 6.52. The minimum atomic E-state index is -0.346. The highest BCUT2D eigenvalue weighted by Gasteiger charge is 2.50. The summed E-state index contributed by atoms with van der Waals surface area (Å²) in [6.45, 7) is 10.3. The number of pyridine rings is 1. The molecule has 21 heavy (non-hydrogen) atoms. The summed E-state index contributed by atoms with van der Waals surface area (Å²) in [6, 6.07) is 1.99. The van der Waals surface area contributed by atoms with E-state index in [0.29, 0.717) is 0 Å². The minimum Gasteiger partial charge on any atom is -0.400 e. The molecule has 0 aliphatic carbocycles. The standard InChI is InChI=1S/C16H25BN2O2/c1-6-14(18)13-8-10-19-11-12(13)7-9-17-20-15(2,3)16(4,5)21-17/h7-11,14H,6,18H2,1-5H3/b9-7+. The Morgan fingerprint density at radius 3 is 2.48 bits per heavy atom. The molecule has 1 saturated heterocycles. The van der Waals surface area contributed by atoms with E-state index in [1.54, 1.807) is 6.20 Å². The van der Waals surface area contributed by atoms with E-state index in [1.807, 2.05) is 52.0 Å². The van der Waals surface area contributed by atoms with Crippen molar-refractivity contribution in [2.45, 2.75) is 58.3 Å². The van der Waals surface area contributed by atoms with Crippen LogP contribution in [0.4, 0.5) is 0 Å². The molecule has 0 amide bonds. The van der Waals surface area contributed by atoms with Crippen molar-refractivity contribution in [3.05, 3.63) is 35.6 Å². The molecule has 4 nitrogen and oxygen atoms in total. The summed E-state index contributed by atoms with van der Waals surface area (Å²) in [5.74, 6) is 1.93. The van der Waals surface area contributed by atoms with Crippen molar-refractivity contribution in [2.75, 3.05) is 0 Å². The maximum absolute atomic E-state index is 6.14. The van der Waals surface area contributed by atoms with Gasteiger partial charge in [-0.05, 0) is 51.3 Å². The first-order valence-electron chi connectivity index (χ1n) is 7.50. The van der Waals surface area contributed by atoms with Gasteiger partial charge in [0.05, 0.1) is 11.2 Å². The Hall–Kier alpha value is -1.17. The van der Waals surface area contributed by atoms with Gasteiger partial charge in [0.1, 0.15) is 0 Å². The number of nitrogens with zero attached hydrogens (tertiary/aromatic N) is 1. The second-order valence-corrected chi connectivity index (χ2v) is 6.50. The lowest BCUT2D eigenvalue weighted by Gasteiger charge is -2.32. The van der Waals surface area contributed by atoms with Crippen LogP contribution in [0.1, 0.15) is 58.2 Å². The molecule has 2 N–H and O–H groups in total. The van der Waals surface area contributed by atoms with Gasteiger partial charge >= 0.3 is 7.12 Å². The van der Waals surface area contributed by atoms with Gasteiger partial charge in [0, 0.05) is 18.4 Å². The summed E-state index contributed by atoms with van der Waals surface area (Å²) in [6.07, 6.45) is 6.48.